The topological polar surface area (TPSA) is 4.93 Å². The van der Waals surface area contributed by atoms with Gasteiger partial charge in [0, 0.05) is 35.5 Å². The van der Waals surface area contributed by atoms with Gasteiger partial charge in [-0.25, -0.2) is 8.78 Å². The number of aromatic nitrogens is 1. The number of hydrogen-bond acceptors (Lipinski definition) is 0. The van der Waals surface area contributed by atoms with Crippen LogP contribution < -0.4 is 0 Å². The Morgan fingerprint density at radius 3 is 2.31 bits per heavy atom. The standard InChI is InChI=1S/C23H25F2N/c1-16(23(2,3)4)22-12-18(20-13-19(24)10-11-21(20)25)15-26(22)14-17-8-6-5-7-9-17/h5-13,15-16H,14H2,1-4H3/t16-/m1/s1. The highest BCUT2D eigenvalue weighted by Gasteiger charge is 2.25. The Bertz CT molecular complexity index is 888. The average molecular weight is 353 g/mol. The molecule has 0 aliphatic rings. The lowest BCUT2D eigenvalue weighted by atomic mass is 9.80. The van der Waals surface area contributed by atoms with E-state index in [0.717, 1.165) is 11.8 Å². The van der Waals surface area contributed by atoms with E-state index in [1.807, 2.05) is 30.5 Å². The predicted octanol–water partition coefficient (Wildman–Crippen LogP) is 6.63. The highest BCUT2D eigenvalue weighted by molar-refractivity contribution is 5.65. The molecule has 0 aliphatic carbocycles. The van der Waals surface area contributed by atoms with E-state index in [4.69, 9.17) is 0 Å². The van der Waals surface area contributed by atoms with E-state index >= 15 is 0 Å². The summed E-state index contributed by atoms with van der Waals surface area (Å²) in [7, 11) is 0. The van der Waals surface area contributed by atoms with Crippen LogP contribution in [0.4, 0.5) is 8.78 Å². The van der Waals surface area contributed by atoms with E-state index in [0.29, 0.717) is 17.7 Å². The molecule has 0 amide bonds. The van der Waals surface area contributed by atoms with Gasteiger partial charge >= 0.3 is 0 Å². The molecule has 0 unspecified atom stereocenters. The van der Waals surface area contributed by atoms with Crippen LogP contribution in [-0.2, 0) is 6.54 Å². The minimum absolute atomic E-state index is 0.0601. The number of halogens is 2. The van der Waals surface area contributed by atoms with Crippen molar-refractivity contribution in [1.29, 1.82) is 0 Å². The Hall–Kier alpha value is -2.42. The molecular formula is C23H25F2N. The highest BCUT2D eigenvalue weighted by Crippen LogP contribution is 2.38. The number of rotatable bonds is 4. The molecule has 3 rings (SSSR count). The summed E-state index contributed by atoms with van der Waals surface area (Å²) < 4.78 is 30.1. The van der Waals surface area contributed by atoms with Crippen LogP contribution in [0.15, 0.2) is 60.8 Å². The first-order valence-corrected chi connectivity index (χ1v) is 8.95. The van der Waals surface area contributed by atoms with Gasteiger partial charge in [-0.3, -0.25) is 0 Å². The maximum atomic E-state index is 14.3. The summed E-state index contributed by atoms with van der Waals surface area (Å²) in [6.07, 6.45) is 1.93. The molecule has 1 heterocycles. The predicted molar refractivity (Wildman–Crippen MR) is 103 cm³/mol. The second-order valence-electron chi connectivity index (χ2n) is 7.98. The van der Waals surface area contributed by atoms with Gasteiger partial charge in [0.1, 0.15) is 11.6 Å². The Kier molecular flexibility index (Phi) is 4.99. The largest absolute Gasteiger partial charge is 0.346 e. The van der Waals surface area contributed by atoms with E-state index in [9.17, 15) is 8.78 Å². The lowest BCUT2D eigenvalue weighted by Gasteiger charge is -2.28. The van der Waals surface area contributed by atoms with Crippen molar-refractivity contribution in [2.24, 2.45) is 5.41 Å². The molecule has 3 heteroatoms. The zero-order chi connectivity index (χ0) is 18.9. The van der Waals surface area contributed by atoms with Crippen LogP contribution >= 0.6 is 0 Å². The molecule has 0 fully saturated rings. The molecule has 0 N–H and O–H groups in total. The minimum atomic E-state index is -0.428. The summed E-state index contributed by atoms with van der Waals surface area (Å²) in [6.45, 7) is 9.47. The van der Waals surface area contributed by atoms with Crippen LogP contribution in [0.5, 0.6) is 0 Å². The van der Waals surface area contributed by atoms with Crippen molar-refractivity contribution in [2.75, 3.05) is 0 Å². The second kappa shape index (κ2) is 7.06. The lowest BCUT2D eigenvalue weighted by Crippen LogP contribution is -2.18. The lowest BCUT2D eigenvalue weighted by molar-refractivity contribution is 0.327. The first kappa shape index (κ1) is 18.4. The van der Waals surface area contributed by atoms with Crippen LogP contribution in [0.1, 0.15) is 44.9 Å². The Labute approximate surface area is 154 Å². The number of hydrogen-bond donors (Lipinski definition) is 0. The molecule has 1 aromatic heterocycles. The number of nitrogens with zero attached hydrogens (tertiary/aromatic N) is 1. The van der Waals surface area contributed by atoms with Crippen molar-refractivity contribution < 1.29 is 8.78 Å². The molecule has 1 atom stereocenters. The monoisotopic (exact) mass is 353 g/mol. The van der Waals surface area contributed by atoms with Crippen molar-refractivity contribution in [3.05, 3.63) is 83.7 Å². The number of benzene rings is 2. The van der Waals surface area contributed by atoms with E-state index in [1.165, 1.54) is 17.7 Å². The van der Waals surface area contributed by atoms with E-state index in [2.05, 4.69) is 44.4 Å². The molecule has 0 saturated carbocycles. The van der Waals surface area contributed by atoms with Gasteiger partial charge in [-0.15, -0.1) is 0 Å². The van der Waals surface area contributed by atoms with Gasteiger partial charge in [-0.2, -0.15) is 0 Å². The molecule has 0 bridgehead atoms. The van der Waals surface area contributed by atoms with Crippen LogP contribution in [0.2, 0.25) is 0 Å². The molecular weight excluding hydrogens is 328 g/mol. The minimum Gasteiger partial charge on any atom is -0.346 e. The third kappa shape index (κ3) is 3.87. The maximum Gasteiger partial charge on any atom is 0.131 e. The van der Waals surface area contributed by atoms with Crippen LogP contribution in [0.3, 0.4) is 0 Å². The highest BCUT2D eigenvalue weighted by atomic mass is 19.1. The van der Waals surface area contributed by atoms with Crippen molar-refractivity contribution in [3.63, 3.8) is 0 Å². The smallest absolute Gasteiger partial charge is 0.131 e. The summed E-state index contributed by atoms with van der Waals surface area (Å²) in [5.74, 6) is -0.572. The third-order valence-electron chi connectivity index (χ3n) is 5.11. The SMILES string of the molecule is C[C@H](c1cc(-c2cc(F)ccc2F)cn1Cc1ccccc1)C(C)(C)C. The molecule has 136 valence electrons. The quantitative estimate of drug-likeness (QED) is 0.496. The average Bonchev–Trinajstić information content (AvgIpc) is 2.99. The fourth-order valence-corrected chi connectivity index (χ4v) is 3.12. The summed E-state index contributed by atoms with van der Waals surface area (Å²) in [6, 6.07) is 15.8. The zero-order valence-electron chi connectivity index (χ0n) is 15.8. The molecule has 0 spiro atoms. The summed E-state index contributed by atoms with van der Waals surface area (Å²) in [5, 5.41) is 0. The van der Waals surface area contributed by atoms with Gasteiger partial charge < -0.3 is 4.57 Å². The molecule has 0 saturated heterocycles. The summed E-state index contributed by atoms with van der Waals surface area (Å²) in [5.41, 5.74) is 3.38. The maximum absolute atomic E-state index is 14.3. The van der Waals surface area contributed by atoms with Gasteiger partial charge in [0.2, 0.25) is 0 Å². The van der Waals surface area contributed by atoms with Gasteiger partial charge in [0.05, 0.1) is 0 Å². The van der Waals surface area contributed by atoms with Crippen molar-refractivity contribution in [2.45, 2.75) is 40.2 Å². The first-order valence-electron chi connectivity index (χ1n) is 8.95. The molecule has 2 aromatic carbocycles. The van der Waals surface area contributed by atoms with E-state index < -0.39 is 11.6 Å². The normalized spacial score (nSPS) is 13.0. The second-order valence-corrected chi connectivity index (χ2v) is 7.98. The van der Waals surface area contributed by atoms with Crippen molar-refractivity contribution in [3.8, 4) is 11.1 Å². The Morgan fingerprint density at radius 1 is 0.962 bits per heavy atom. The molecule has 3 aromatic rings. The Balaban J connectivity index is 2.09. The zero-order valence-corrected chi connectivity index (χ0v) is 15.8. The van der Waals surface area contributed by atoms with Gasteiger partial charge in [0.15, 0.2) is 0 Å². The van der Waals surface area contributed by atoms with Crippen LogP contribution in [0, 0.1) is 17.0 Å². The van der Waals surface area contributed by atoms with Gasteiger partial charge in [0.25, 0.3) is 0 Å². The molecule has 0 radical (unpaired) electrons. The van der Waals surface area contributed by atoms with Crippen LogP contribution in [0.25, 0.3) is 11.1 Å². The molecule has 0 aliphatic heterocycles. The van der Waals surface area contributed by atoms with Crippen molar-refractivity contribution in [1.82, 2.24) is 4.57 Å². The van der Waals surface area contributed by atoms with E-state index in [-0.39, 0.29) is 11.3 Å². The van der Waals surface area contributed by atoms with Crippen molar-refractivity contribution >= 4 is 0 Å². The van der Waals surface area contributed by atoms with Crippen LogP contribution in [-0.4, -0.2) is 4.57 Å². The van der Waals surface area contributed by atoms with Gasteiger partial charge in [-0.05, 0) is 35.2 Å². The summed E-state index contributed by atoms with van der Waals surface area (Å²) >= 11 is 0. The summed E-state index contributed by atoms with van der Waals surface area (Å²) in [4.78, 5) is 0. The first-order chi connectivity index (χ1) is 12.3. The van der Waals surface area contributed by atoms with Gasteiger partial charge in [-0.1, -0.05) is 58.0 Å². The molecule has 1 nitrogen and oxygen atoms in total. The fourth-order valence-electron chi connectivity index (χ4n) is 3.12. The third-order valence-corrected chi connectivity index (χ3v) is 5.11. The molecule has 26 heavy (non-hydrogen) atoms. The fraction of sp³-hybridized carbons (Fsp3) is 0.304. The Morgan fingerprint density at radius 2 is 1.65 bits per heavy atom. The van der Waals surface area contributed by atoms with E-state index in [1.54, 1.807) is 0 Å².